The number of rotatable bonds is 5. The number of ether oxygens (including phenoxy) is 1. The Labute approximate surface area is 169 Å². The minimum Gasteiger partial charge on any atom is -0.497 e. The summed E-state index contributed by atoms with van der Waals surface area (Å²) >= 11 is 0. The van der Waals surface area contributed by atoms with Crippen LogP contribution in [0.2, 0.25) is 0 Å². The molecule has 1 aliphatic rings. The number of amidine groups is 1. The van der Waals surface area contributed by atoms with Crippen molar-refractivity contribution >= 4 is 11.8 Å². The van der Waals surface area contributed by atoms with Crippen molar-refractivity contribution in [2.75, 3.05) is 14.2 Å². The number of nitrogens with two attached hydrogens (primary N) is 1. The summed E-state index contributed by atoms with van der Waals surface area (Å²) in [4.78, 5) is 13.4. The van der Waals surface area contributed by atoms with Crippen molar-refractivity contribution in [1.82, 2.24) is 25.1 Å². The number of hydrogen-bond acceptors (Lipinski definition) is 6. The largest absolute Gasteiger partial charge is 0.497 e. The van der Waals surface area contributed by atoms with Crippen molar-refractivity contribution in [1.29, 1.82) is 0 Å². The van der Waals surface area contributed by atoms with E-state index < -0.39 is 0 Å². The lowest BCUT2D eigenvalue weighted by Crippen LogP contribution is -2.10. The highest BCUT2D eigenvalue weighted by atomic mass is 16.5. The molecule has 2 heterocycles. The van der Waals surface area contributed by atoms with E-state index in [0.29, 0.717) is 11.8 Å². The molecule has 2 aromatic heterocycles. The first-order valence-electron chi connectivity index (χ1n) is 9.35. The molecule has 29 heavy (non-hydrogen) atoms. The molecule has 3 aromatic rings. The lowest BCUT2D eigenvalue weighted by Gasteiger charge is -2.16. The van der Waals surface area contributed by atoms with Crippen LogP contribution in [0.1, 0.15) is 11.3 Å². The maximum atomic E-state index is 5.93. The van der Waals surface area contributed by atoms with Gasteiger partial charge in [-0.05, 0) is 54.9 Å². The minimum absolute atomic E-state index is 0.330. The number of fused-ring (bicyclic) bond motifs is 3. The lowest BCUT2D eigenvalue weighted by atomic mass is 9.91. The van der Waals surface area contributed by atoms with Crippen LogP contribution < -0.4 is 15.8 Å². The molecule has 3 N–H and O–H groups in total. The van der Waals surface area contributed by atoms with Crippen LogP contribution >= 0.6 is 0 Å². The third-order valence-corrected chi connectivity index (χ3v) is 4.85. The number of benzene rings is 1. The topological polar surface area (TPSA) is 103 Å². The van der Waals surface area contributed by atoms with Gasteiger partial charge < -0.3 is 15.8 Å². The van der Waals surface area contributed by atoms with Gasteiger partial charge >= 0.3 is 0 Å². The van der Waals surface area contributed by atoms with Crippen molar-refractivity contribution in [2.24, 2.45) is 17.8 Å². The van der Waals surface area contributed by atoms with Gasteiger partial charge in [0, 0.05) is 31.4 Å². The summed E-state index contributed by atoms with van der Waals surface area (Å²) in [5, 5.41) is 7.63. The fourth-order valence-electron chi connectivity index (χ4n) is 3.51. The molecule has 0 saturated heterocycles. The van der Waals surface area contributed by atoms with E-state index in [1.54, 1.807) is 26.4 Å². The summed E-state index contributed by atoms with van der Waals surface area (Å²) in [5.74, 6) is 1.48. The van der Waals surface area contributed by atoms with Crippen LogP contribution in [-0.2, 0) is 19.9 Å². The highest BCUT2D eigenvalue weighted by molar-refractivity contribution is 5.93. The van der Waals surface area contributed by atoms with E-state index >= 15 is 0 Å². The monoisotopic (exact) mass is 389 g/mol. The molecule has 8 heteroatoms. The molecule has 0 saturated carbocycles. The molecule has 0 unspecified atom stereocenters. The van der Waals surface area contributed by atoms with Crippen molar-refractivity contribution in [3.05, 3.63) is 54.0 Å². The molecule has 8 nitrogen and oxygen atoms in total. The Morgan fingerprint density at radius 1 is 1.28 bits per heavy atom. The number of aliphatic imine (C=N–C) groups is 1. The van der Waals surface area contributed by atoms with Gasteiger partial charge in [0.25, 0.3) is 5.95 Å². The van der Waals surface area contributed by atoms with Gasteiger partial charge in [-0.15, -0.1) is 0 Å². The maximum Gasteiger partial charge on any atom is 0.251 e. The van der Waals surface area contributed by atoms with Gasteiger partial charge in [0.1, 0.15) is 11.6 Å². The first-order valence-corrected chi connectivity index (χ1v) is 9.35. The van der Waals surface area contributed by atoms with Crippen LogP contribution in [0.15, 0.2) is 47.7 Å². The maximum absolute atomic E-state index is 5.93. The fraction of sp³-hybridized carbons (Fsp3) is 0.238. The molecule has 0 radical (unpaired) electrons. The Kier molecular flexibility index (Phi) is 4.99. The summed E-state index contributed by atoms with van der Waals surface area (Å²) in [6.07, 6.45) is 6.91. The predicted molar refractivity (Wildman–Crippen MR) is 113 cm³/mol. The van der Waals surface area contributed by atoms with Crippen molar-refractivity contribution < 1.29 is 4.74 Å². The Morgan fingerprint density at radius 3 is 2.79 bits per heavy atom. The summed E-state index contributed by atoms with van der Waals surface area (Å²) < 4.78 is 7.20. The van der Waals surface area contributed by atoms with E-state index in [9.17, 15) is 0 Å². The van der Waals surface area contributed by atoms with E-state index in [-0.39, 0.29) is 0 Å². The van der Waals surface area contributed by atoms with Gasteiger partial charge in [0.05, 0.1) is 24.2 Å². The summed E-state index contributed by atoms with van der Waals surface area (Å²) in [5.41, 5.74) is 12.0. The molecule has 0 aliphatic heterocycles. The first kappa shape index (κ1) is 18.7. The highest BCUT2D eigenvalue weighted by Gasteiger charge is 2.27. The van der Waals surface area contributed by atoms with E-state index in [1.807, 2.05) is 42.2 Å². The van der Waals surface area contributed by atoms with Crippen LogP contribution in [0.3, 0.4) is 0 Å². The Balaban J connectivity index is 1.82. The quantitative estimate of drug-likeness (QED) is 0.513. The van der Waals surface area contributed by atoms with E-state index in [0.717, 1.165) is 52.4 Å². The van der Waals surface area contributed by atoms with Crippen molar-refractivity contribution in [2.45, 2.75) is 12.8 Å². The molecule has 0 atom stereocenters. The molecule has 0 spiro atoms. The number of aromatic nitrogens is 4. The molecular weight excluding hydrogens is 366 g/mol. The smallest absolute Gasteiger partial charge is 0.251 e. The summed E-state index contributed by atoms with van der Waals surface area (Å²) in [6, 6.07) is 7.96. The molecule has 0 amide bonds. The fourth-order valence-corrected chi connectivity index (χ4v) is 3.51. The zero-order valence-electron chi connectivity index (χ0n) is 16.7. The normalized spacial score (nSPS) is 13.3. The van der Waals surface area contributed by atoms with Crippen LogP contribution in [0, 0.1) is 0 Å². The summed E-state index contributed by atoms with van der Waals surface area (Å²) in [7, 11) is 5.41. The van der Waals surface area contributed by atoms with Gasteiger partial charge in [-0.25, -0.2) is 9.97 Å². The SMILES string of the molecule is CN/C=C\C(N)=N/c1ncc2c(n1)-c1c(nn(C)c1-c1ccc(OC)cc1)CC2. The van der Waals surface area contributed by atoms with Crippen LogP contribution in [0.25, 0.3) is 22.5 Å². The Bertz CT molecular complexity index is 1100. The first-order chi connectivity index (χ1) is 14.1. The molecule has 4 rings (SSSR count). The highest BCUT2D eigenvalue weighted by Crippen LogP contribution is 2.39. The number of nitrogens with zero attached hydrogens (tertiary/aromatic N) is 5. The molecule has 0 fully saturated rings. The standard InChI is InChI=1S/C21H23N7O/c1-23-11-10-17(22)25-21-24-12-14-6-9-16-18(19(14)26-21)20(28(2)27-16)13-4-7-15(29-3)8-5-13/h4-5,7-8,10-12,23H,6,9H2,1-3H3,(H2,22,24,25,26)/b11-10-. The zero-order valence-corrected chi connectivity index (χ0v) is 16.7. The number of aryl methyl sites for hydroxylation is 3. The van der Waals surface area contributed by atoms with E-state index in [2.05, 4.69) is 15.3 Å². The number of methoxy groups -OCH3 is 1. The molecule has 0 bridgehead atoms. The van der Waals surface area contributed by atoms with Crippen molar-refractivity contribution in [3.63, 3.8) is 0 Å². The van der Waals surface area contributed by atoms with Crippen LogP contribution in [0.5, 0.6) is 5.75 Å². The predicted octanol–water partition coefficient (Wildman–Crippen LogP) is 2.37. The van der Waals surface area contributed by atoms with Gasteiger partial charge in [0.2, 0.25) is 0 Å². The average Bonchev–Trinajstić information content (AvgIpc) is 3.08. The Hall–Kier alpha value is -3.68. The third kappa shape index (κ3) is 3.56. The van der Waals surface area contributed by atoms with Crippen molar-refractivity contribution in [3.8, 4) is 28.3 Å². The summed E-state index contributed by atoms with van der Waals surface area (Å²) in [6.45, 7) is 0. The van der Waals surface area contributed by atoms with Gasteiger partial charge in [-0.3, -0.25) is 4.68 Å². The van der Waals surface area contributed by atoms with Crippen LogP contribution in [0.4, 0.5) is 5.95 Å². The average molecular weight is 389 g/mol. The minimum atomic E-state index is 0.330. The second-order valence-electron chi connectivity index (χ2n) is 6.72. The Morgan fingerprint density at radius 2 is 2.07 bits per heavy atom. The molecule has 1 aromatic carbocycles. The van der Waals surface area contributed by atoms with E-state index in [1.165, 1.54) is 0 Å². The molecular formula is C21H23N7O. The second-order valence-corrected chi connectivity index (χ2v) is 6.72. The number of hydrogen-bond donors (Lipinski definition) is 2. The van der Waals surface area contributed by atoms with Gasteiger partial charge in [0.15, 0.2) is 0 Å². The third-order valence-electron chi connectivity index (χ3n) is 4.85. The van der Waals surface area contributed by atoms with Gasteiger partial charge in [-0.1, -0.05) is 0 Å². The van der Waals surface area contributed by atoms with Gasteiger partial charge in [-0.2, -0.15) is 10.1 Å². The number of nitrogens with one attached hydrogen (secondary N) is 1. The second kappa shape index (κ2) is 7.75. The molecule has 148 valence electrons. The molecule has 1 aliphatic carbocycles. The zero-order chi connectivity index (χ0) is 20.4. The van der Waals surface area contributed by atoms with Crippen LogP contribution in [-0.4, -0.2) is 39.7 Å². The lowest BCUT2D eigenvalue weighted by molar-refractivity contribution is 0.415. The van der Waals surface area contributed by atoms with E-state index in [4.69, 9.17) is 20.6 Å².